The van der Waals surface area contributed by atoms with Gasteiger partial charge in [0.25, 0.3) is 0 Å². The summed E-state index contributed by atoms with van der Waals surface area (Å²) in [6.45, 7) is 0. The normalized spacial score (nSPS) is 10.5. The molecule has 0 unspecified atom stereocenters. The Kier molecular flexibility index (Phi) is 2.32. The van der Waals surface area contributed by atoms with Crippen LogP contribution in [0.25, 0.3) is 10.9 Å². The van der Waals surface area contributed by atoms with E-state index < -0.39 is 0 Å². The molecule has 0 bridgehead atoms. The van der Waals surface area contributed by atoms with Gasteiger partial charge in [-0.2, -0.15) is 0 Å². The van der Waals surface area contributed by atoms with E-state index in [0.717, 1.165) is 10.1 Å². The lowest BCUT2D eigenvalue weighted by Crippen LogP contribution is -1.79. The fourth-order valence-corrected chi connectivity index (χ4v) is 1.91. The Bertz CT molecular complexity index is 387. The van der Waals surface area contributed by atoms with Crippen molar-refractivity contribution >= 4 is 49.4 Å². The first-order chi connectivity index (χ1) is 5.75. The van der Waals surface area contributed by atoms with Crippen molar-refractivity contribution in [3.05, 3.63) is 38.5 Å². The molecule has 12 heavy (non-hydrogen) atoms. The predicted molar refractivity (Wildman–Crippen MR) is 62.2 cm³/mol. The molecule has 1 aromatic carbocycles. The van der Waals surface area contributed by atoms with Crippen LogP contribution in [0, 0.1) is 3.57 Å². The summed E-state index contributed by atoms with van der Waals surface area (Å²) in [5.74, 6) is 0. The number of benzene rings is 1. The second kappa shape index (κ2) is 3.30. The zero-order valence-corrected chi connectivity index (χ0v) is 9.83. The van der Waals surface area contributed by atoms with Crippen LogP contribution in [0.1, 0.15) is 0 Å². The Labute approximate surface area is 92.5 Å². The summed E-state index contributed by atoms with van der Waals surface area (Å²) in [5, 5.41) is 1.19. The third-order valence-corrected chi connectivity index (χ3v) is 2.73. The van der Waals surface area contributed by atoms with Gasteiger partial charge in [-0.25, -0.2) is 4.98 Å². The van der Waals surface area contributed by atoms with Crippen LogP contribution >= 0.6 is 38.5 Å². The van der Waals surface area contributed by atoms with Gasteiger partial charge in [0.1, 0.15) is 4.60 Å². The van der Waals surface area contributed by atoms with Gasteiger partial charge in [0.05, 0.1) is 5.52 Å². The molecule has 2 aromatic rings. The molecule has 0 aliphatic carbocycles. The van der Waals surface area contributed by atoms with Gasteiger partial charge in [-0.15, -0.1) is 0 Å². The molecule has 0 spiro atoms. The van der Waals surface area contributed by atoms with E-state index >= 15 is 0 Å². The van der Waals surface area contributed by atoms with E-state index in [9.17, 15) is 0 Å². The summed E-state index contributed by atoms with van der Waals surface area (Å²) in [7, 11) is 0. The van der Waals surface area contributed by atoms with Gasteiger partial charge in [-0.3, -0.25) is 0 Å². The quantitative estimate of drug-likeness (QED) is 0.530. The van der Waals surface area contributed by atoms with Crippen molar-refractivity contribution in [2.45, 2.75) is 0 Å². The molecule has 1 aromatic heterocycles. The Morgan fingerprint density at radius 2 is 2.00 bits per heavy atom. The Balaban J connectivity index is 2.79. The fraction of sp³-hybridized carbons (Fsp3) is 0. The monoisotopic (exact) mass is 333 g/mol. The Morgan fingerprint density at radius 3 is 2.83 bits per heavy atom. The molecule has 0 fully saturated rings. The maximum absolute atomic E-state index is 4.33. The van der Waals surface area contributed by atoms with E-state index in [1.54, 1.807) is 0 Å². The highest BCUT2D eigenvalue weighted by atomic mass is 127. The smallest absolute Gasteiger partial charge is 0.106 e. The summed E-state index contributed by atoms with van der Waals surface area (Å²) in [5.41, 5.74) is 1.03. The first-order valence-corrected chi connectivity index (χ1v) is 5.35. The Hall–Kier alpha value is -0.160. The fourth-order valence-electron chi connectivity index (χ4n) is 1.07. The van der Waals surface area contributed by atoms with Crippen LogP contribution in [0.4, 0.5) is 0 Å². The van der Waals surface area contributed by atoms with Gasteiger partial charge in [0, 0.05) is 8.96 Å². The van der Waals surface area contributed by atoms with Gasteiger partial charge in [0.15, 0.2) is 0 Å². The van der Waals surface area contributed by atoms with Crippen LogP contribution in [0.5, 0.6) is 0 Å². The third kappa shape index (κ3) is 1.61. The average Bonchev–Trinajstić information content (AvgIpc) is 2.05. The van der Waals surface area contributed by atoms with Crippen molar-refractivity contribution in [1.29, 1.82) is 0 Å². The minimum absolute atomic E-state index is 0.885. The molecule has 0 aliphatic heterocycles. The van der Waals surface area contributed by atoms with Gasteiger partial charge in [0.2, 0.25) is 0 Å². The minimum atomic E-state index is 0.885. The van der Waals surface area contributed by atoms with Crippen molar-refractivity contribution in [2.75, 3.05) is 0 Å². The lowest BCUT2D eigenvalue weighted by molar-refractivity contribution is 1.35. The standard InChI is InChI=1S/C9H5BrIN/c10-9-4-1-6-5-7(11)2-3-8(6)12-9/h1-5H. The van der Waals surface area contributed by atoms with Crippen molar-refractivity contribution in [3.63, 3.8) is 0 Å². The molecular weight excluding hydrogens is 329 g/mol. The molecule has 0 saturated heterocycles. The van der Waals surface area contributed by atoms with Crippen molar-refractivity contribution in [1.82, 2.24) is 4.98 Å². The van der Waals surface area contributed by atoms with Crippen LogP contribution in [0.15, 0.2) is 34.9 Å². The van der Waals surface area contributed by atoms with Crippen molar-refractivity contribution in [2.24, 2.45) is 0 Å². The second-order valence-corrected chi connectivity index (χ2v) is 4.53. The molecule has 0 radical (unpaired) electrons. The highest BCUT2D eigenvalue weighted by molar-refractivity contribution is 14.1. The second-order valence-electron chi connectivity index (χ2n) is 2.47. The minimum Gasteiger partial charge on any atom is -0.241 e. The zero-order chi connectivity index (χ0) is 8.55. The van der Waals surface area contributed by atoms with Gasteiger partial charge < -0.3 is 0 Å². The van der Waals surface area contributed by atoms with Gasteiger partial charge in [-0.05, 0) is 62.8 Å². The van der Waals surface area contributed by atoms with Crippen molar-refractivity contribution in [3.8, 4) is 0 Å². The predicted octanol–water partition coefficient (Wildman–Crippen LogP) is 3.60. The van der Waals surface area contributed by atoms with E-state index in [4.69, 9.17) is 0 Å². The lowest BCUT2D eigenvalue weighted by atomic mass is 10.2. The molecule has 0 amide bonds. The van der Waals surface area contributed by atoms with E-state index in [2.05, 4.69) is 61.7 Å². The summed E-state index contributed by atoms with van der Waals surface area (Å²) < 4.78 is 2.13. The largest absolute Gasteiger partial charge is 0.241 e. The highest BCUT2D eigenvalue weighted by Gasteiger charge is 1.95. The Morgan fingerprint density at radius 1 is 1.17 bits per heavy atom. The summed E-state index contributed by atoms with van der Waals surface area (Å²) in [6.07, 6.45) is 0. The summed E-state index contributed by atoms with van der Waals surface area (Å²) in [4.78, 5) is 4.33. The zero-order valence-electron chi connectivity index (χ0n) is 6.09. The number of fused-ring (bicyclic) bond motifs is 1. The number of aromatic nitrogens is 1. The molecule has 0 N–H and O–H groups in total. The van der Waals surface area contributed by atoms with Crippen molar-refractivity contribution < 1.29 is 0 Å². The average molecular weight is 334 g/mol. The molecule has 3 heteroatoms. The topological polar surface area (TPSA) is 12.9 Å². The van der Waals surface area contributed by atoms with E-state index in [1.165, 1.54) is 8.96 Å². The van der Waals surface area contributed by atoms with E-state index in [-0.39, 0.29) is 0 Å². The van der Waals surface area contributed by atoms with E-state index in [1.807, 2.05) is 12.1 Å². The van der Waals surface area contributed by atoms with Crippen LogP contribution in [0.2, 0.25) is 0 Å². The molecule has 0 atom stereocenters. The van der Waals surface area contributed by atoms with E-state index in [0.29, 0.717) is 0 Å². The molecule has 0 aliphatic rings. The molecular formula is C9H5BrIN. The lowest BCUT2D eigenvalue weighted by Gasteiger charge is -1.97. The number of hydrogen-bond acceptors (Lipinski definition) is 1. The van der Waals surface area contributed by atoms with Gasteiger partial charge >= 0.3 is 0 Å². The first-order valence-electron chi connectivity index (χ1n) is 3.47. The number of hydrogen-bond donors (Lipinski definition) is 0. The summed E-state index contributed by atoms with van der Waals surface area (Å²) in [6, 6.07) is 10.2. The maximum atomic E-state index is 4.33. The van der Waals surface area contributed by atoms with Gasteiger partial charge in [-0.1, -0.05) is 6.07 Å². The number of pyridine rings is 1. The third-order valence-electron chi connectivity index (χ3n) is 1.62. The molecule has 1 nitrogen and oxygen atoms in total. The number of rotatable bonds is 0. The van der Waals surface area contributed by atoms with Crippen LogP contribution in [-0.2, 0) is 0 Å². The van der Waals surface area contributed by atoms with Crippen LogP contribution in [0.3, 0.4) is 0 Å². The maximum Gasteiger partial charge on any atom is 0.106 e. The van der Waals surface area contributed by atoms with Crippen LogP contribution < -0.4 is 0 Å². The number of halogens is 2. The van der Waals surface area contributed by atoms with Crippen LogP contribution in [-0.4, -0.2) is 4.98 Å². The molecule has 2 rings (SSSR count). The molecule has 0 saturated carbocycles. The SMILES string of the molecule is Brc1ccc2cc(I)ccc2n1. The summed E-state index contributed by atoms with van der Waals surface area (Å²) >= 11 is 5.63. The highest BCUT2D eigenvalue weighted by Crippen LogP contribution is 2.17. The first kappa shape index (κ1) is 8.44. The number of nitrogens with zero attached hydrogens (tertiary/aromatic N) is 1. The molecule has 60 valence electrons. The molecule has 1 heterocycles.